The van der Waals surface area contributed by atoms with E-state index in [4.69, 9.17) is 5.73 Å². The maximum absolute atomic E-state index is 12.8. The highest BCUT2D eigenvalue weighted by Gasteiger charge is 2.28. The molecule has 1 aliphatic carbocycles. The molecule has 138 valence electrons. The highest BCUT2D eigenvalue weighted by atomic mass is 16.2. The van der Waals surface area contributed by atoms with Gasteiger partial charge in [-0.25, -0.2) is 0 Å². The van der Waals surface area contributed by atoms with Gasteiger partial charge in [0.05, 0.1) is 17.8 Å². The zero-order chi connectivity index (χ0) is 17.5. The van der Waals surface area contributed by atoms with Crippen molar-refractivity contribution in [3.8, 4) is 0 Å². The van der Waals surface area contributed by atoms with Gasteiger partial charge < -0.3 is 16.4 Å². The van der Waals surface area contributed by atoms with Gasteiger partial charge in [-0.15, -0.1) is 0 Å². The van der Waals surface area contributed by atoms with E-state index in [9.17, 15) is 4.79 Å². The van der Waals surface area contributed by atoms with Gasteiger partial charge in [0.25, 0.3) is 0 Å². The Kier molecular flexibility index (Phi) is 6.78. The quantitative estimate of drug-likeness (QED) is 0.528. The molecule has 1 saturated heterocycles. The number of fused-ring (bicyclic) bond motifs is 1. The van der Waals surface area contributed by atoms with E-state index in [1.165, 1.54) is 5.56 Å². The second kappa shape index (κ2) is 9.27. The Morgan fingerprint density at radius 1 is 1.40 bits per heavy atom. The lowest BCUT2D eigenvalue weighted by atomic mass is 9.91. The van der Waals surface area contributed by atoms with Crippen LogP contribution in [-0.4, -0.2) is 42.6 Å². The highest BCUT2D eigenvalue weighted by molar-refractivity contribution is 5.82. The summed E-state index contributed by atoms with van der Waals surface area (Å²) < 4.78 is 0. The summed E-state index contributed by atoms with van der Waals surface area (Å²) in [6, 6.07) is 4.40. The van der Waals surface area contributed by atoms with Crippen molar-refractivity contribution in [3.05, 3.63) is 29.6 Å². The molecule has 0 saturated carbocycles. The minimum atomic E-state index is -0.176. The molecule has 1 amide bonds. The lowest BCUT2D eigenvalue weighted by Crippen LogP contribution is -2.49. The summed E-state index contributed by atoms with van der Waals surface area (Å²) in [7, 11) is 0. The van der Waals surface area contributed by atoms with Crippen molar-refractivity contribution in [2.24, 2.45) is 5.73 Å². The minimum absolute atomic E-state index is 0.119. The molecule has 1 aromatic rings. The zero-order valence-corrected chi connectivity index (χ0v) is 15.0. The largest absolute Gasteiger partial charge is 0.351 e. The van der Waals surface area contributed by atoms with E-state index in [1.54, 1.807) is 0 Å². The molecule has 0 radical (unpaired) electrons. The smallest absolute Gasteiger partial charge is 0.237 e. The van der Waals surface area contributed by atoms with Crippen molar-refractivity contribution < 1.29 is 4.79 Å². The van der Waals surface area contributed by atoms with Gasteiger partial charge in [0.1, 0.15) is 0 Å². The van der Waals surface area contributed by atoms with Crippen LogP contribution >= 0.6 is 0 Å². The summed E-state index contributed by atoms with van der Waals surface area (Å²) in [6.45, 7) is 2.53. The summed E-state index contributed by atoms with van der Waals surface area (Å²) in [5.41, 5.74) is 8.06. The fourth-order valence-corrected chi connectivity index (χ4v) is 3.88. The first-order valence-corrected chi connectivity index (χ1v) is 9.69. The summed E-state index contributed by atoms with van der Waals surface area (Å²) >= 11 is 0. The molecular formula is C19H31N5O. The number of hydrogen-bond donors (Lipinski definition) is 4. The van der Waals surface area contributed by atoms with Crippen LogP contribution in [0.1, 0.15) is 55.8 Å². The summed E-state index contributed by atoms with van der Waals surface area (Å²) in [5.74, 6) is 0.119. The molecule has 0 bridgehead atoms. The number of unbranched alkanes of at least 4 members (excludes halogenated alkanes) is 1. The molecule has 2 heterocycles. The number of carbonyl (C=O) groups excluding carboxylic acids is 1. The van der Waals surface area contributed by atoms with Crippen LogP contribution < -0.4 is 21.7 Å². The molecule has 25 heavy (non-hydrogen) atoms. The van der Waals surface area contributed by atoms with Crippen LogP contribution in [0.2, 0.25) is 0 Å². The molecule has 0 aromatic carbocycles. The molecule has 5 N–H and O–H groups in total. The molecule has 3 rings (SSSR count). The Bertz CT molecular complexity index is 559. The minimum Gasteiger partial charge on any atom is -0.351 e. The predicted molar refractivity (Wildman–Crippen MR) is 99.2 cm³/mol. The summed E-state index contributed by atoms with van der Waals surface area (Å²) in [4.78, 5) is 17.4. The molecule has 2 aliphatic rings. The van der Waals surface area contributed by atoms with Crippen LogP contribution in [-0.2, 0) is 11.2 Å². The number of hydrogen-bond acceptors (Lipinski definition) is 5. The standard InChI is InChI=1S/C19H31N5O/c20-10-2-1-7-17(19(25)23-15-9-12-21-13-15)24-16-8-3-5-14-6-4-11-22-18(14)16/h4,6,11,15-17,21,24H,1-3,5,7-10,12-13,20H2,(H,23,25). The van der Waals surface area contributed by atoms with Gasteiger partial charge in [-0.3, -0.25) is 15.1 Å². The zero-order valence-electron chi connectivity index (χ0n) is 15.0. The SMILES string of the molecule is NCCCCC(NC1CCCc2cccnc21)C(=O)NC1CCNC1. The summed E-state index contributed by atoms with van der Waals surface area (Å²) in [5, 5.41) is 10.1. The lowest BCUT2D eigenvalue weighted by molar-refractivity contribution is -0.124. The van der Waals surface area contributed by atoms with Crippen LogP contribution in [0.4, 0.5) is 0 Å². The third-order valence-corrected chi connectivity index (χ3v) is 5.27. The molecule has 1 fully saturated rings. The van der Waals surface area contributed by atoms with Crippen LogP contribution in [0.3, 0.4) is 0 Å². The van der Waals surface area contributed by atoms with E-state index in [1.807, 2.05) is 12.3 Å². The van der Waals surface area contributed by atoms with Crippen LogP contribution in [0, 0.1) is 0 Å². The Morgan fingerprint density at radius 3 is 3.12 bits per heavy atom. The molecule has 3 unspecified atom stereocenters. The Balaban J connectivity index is 1.65. The maximum atomic E-state index is 12.8. The average Bonchev–Trinajstić information content (AvgIpc) is 3.14. The normalized spacial score (nSPS) is 23.9. The second-order valence-corrected chi connectivity index (χ2v) is 7.19. The van der Waals surface area contributed by atoms with Gasteiger partial charge in [-0.2, -0.15) is 0 Å². The van der Waals surface area contributed by atoms with Gasteiger partial charge in [-0.1, -0.05) is 12.5 Å². The number of nitrogens with two attached hydrogens (primary N) is 1. The van der Waals surface area contributed by atoms with Crippen LogP contribution in [0.5, 0.6) is 0 Å². The van der Waals surface area contributed by atoms with Gasteiger partial charge >= 0.3 is 0 Å². The van der Waals surface area contributed by atoms with Crippen molar-refractivity contribution >= 4 is 5.91 Å². The maximum Gasteiger partial charge on any atom is 0.237 e. The lowest BCUT2D eigenvalue weighted by Gasteiger charge is -2.30. The number of rotatable bonds is 8. The Morgan fingerprint density at radius 2 is 2.32 bits per heavy atom. The fourth-order valence-electron chi connectivity index (χ4n) is 3.88. The number of nitrogens with zero attached hydrogens (tertiary/aromatic N) is 1. The molecule has 1 aliphatic heterocycles. The summed E-state index contributed by atoms with van der Waals surface area (Å²) in [6.07, 6.45) is 8.86. The Labute approximate surface area is 150 Å². The number of aryl methyl sites for hydroxylation is 1. The van der Waals surface area contributed by atoms with E-state index >= 15 is 0 Å². The number of aromatic nitrogens is 1. The van der Waals surface area contributed by atoms with Gasteiger partial charge in [0.15, 0.2) is 0 Å². The molecule has 0 spiro atoms. The van der Waals surface area contributed by atoms with Gasteiger partial charge in [-0.05, 0) is 63.2 Å². The third-order valence-electron chi connectivity index (χ3n) is 5.27. The molecule has 1 aromatic heterocycles. The number of nitrogens with one attached hydrogen (secondary N) is 3. The van der Waals surface area contributed by atoms with E-state index < -0.39 is 0 Å². The molecule has 6 nitrogen and oxygen atoms in total. The van der Waals surface area contributed by atoms with Crippen molar-refractivity contribution in [2.45, 2.75) is 63.1 Å². The first-order chi connectivity index (χ1) is 12.3. The van der Waals surface area contributed by atoms with Crippen molar-refractivity contribution in [2.75, 3.05) is 19.6 Å². The molecule has 3 atom stereocenters. The molecule has 6 heteroatoms. The van der Waals surface area contributed by atoms with Crippen molar-refractivity contribution in [3.63, 3.8) is 0 Å². The van der Waals surface area contributed by atoms with Crippen molar-refractivity contribution in [1.29, 1.82) is 0 Å². The number of carbonyl (C=O) groups is 1. The monoisotopic (exact) mass is 345 g/mol. The number of amides is 1. The van der Waals surface area contributed by atoms with Crippen LogP contribution in [0.15, 0.2) is 18.3 Å². The average molecular weight is 345 g/mol. The second-order valence-electron chi connectivity index (χ2n) is 7.19. The topological polar surface area (TPSA) is 92.1 Å². The van der Waals surface area contributed by atoms with Gasteiger partial charge in [0, 0.05) is 18.8 Å². The first-order valence-electron chi connectivity index (χ1n) is 9.69. The van der Waals surface area contributed by atoms with E-state index in [-0.39, 0.29) is 24.0 Å². The number of pyridine rings is 1. The first kappa shape index (κ1) is 18.3. The van der Waals surface area contributed by atoms with E-state index in [2.05, 4.69) is 27.0 Å². The van der Waals surface area contributed by atoms with E-state index in [0.717, 1.165) is 63.7 Å². The van der Waals surface area contributed by atoms with E-state index in [0.29, 0.717) is 6.54 Å². The fraction of sp³-hybridized carbons (Fsp3) is 0.684. The third kappa shape index (κ3) is 5.00. The molecular weight excluding hydrogens is 314 g/mol. The van der Waals surface area contributed by atoms with Crippen molar-refractivity contribution in [1.82, 2.24) is 20.9 Å². The predicted octanol–water partition coefficient (Wildman–Crippen LogP) is 1.02. The highest BCUT2D eigenvalue weighted by Crippen LogP contribution is 2.28. The van der Waals surface area contributed by atoms with Crippen LogP contribution in [0.25, 0.3) is 0 Å². The Hall–Kier alpha value is -1.50. The van der Waals surface area contributed by atoms with Gasteiger partial charge in [0.2, 0.25) is 5.91 Å².